The number of rotatable bonds is 2. The van der Waals surface area contributed by atoms with E-state index in [0.717, 1.165) is 16.5 Å². The topological polar surface area (TPSA) is 25.0 Å². The maximum Gasteiger partial charge on any atom is 0.573 e. The standard InChI is InChI=1S/C15H10F3NO/c16-15(17,18)20-12-5-1-4-11(9-12)13-6-2-3-10-7-8-19-14(10)13/h1-9,19H. The van der Waals surface area contributed by atoms with Gasteiger partial charge in [-0.3, -0.25) is 0 Å². The van der Waals surface area contributed by atoms with E-state index in [1.54, 1.807) is 12.3 Å². The number of alkyl halides is 3. The zero-order valence-electron chi connectivity index (χ0n) is 10.2. The Morgan fingerprint density at radius 1 is 0.950 bits per heavy atom. The Morgan fingerprint density at radius 2 is 1.75 bits per heavy atom. The summed E-state index contributed by atoms with van der Waals surface area (Å²) < 4.78 is 40.7. The van der Waals surface area contributed by atoms with E-state index in [1.165, 1.54) is 18.2 Å². The summed E-state index contributed by atoms with van der Waals surface area (Å²) in [4.78, 5) is 3.09. The van der Waals surface area contributed by atoms with Crippen LogP contribution in [0.2, 0.25) is 0 Å². The van der Waals surface area contributed by atoms with Gasteiger partial charge in [-0.25, -0.2) is 0 Å². The van der Waals surface area contributed by atoms with Crippen molar-refractivity contribution in [2.45, 2.75) is 6.36 Å². The van der Waals surface area contributed by atoms with Crippen LogP contribution < -0.4 is 4.74 Å². The number of benzene rings is 2. The summed E-state index contributed by atoms with van der Waals surface area (Å²) in [6.07, 6.45) is -2.89. The molecule has 1 N–H and O–H groups in total. The van der Waals surface area contributed by atoms with Gasteiger partial charge in [0.1, 0.15) is 5.75 Å². The first kappa shape index (κ1) is 12.6. The van der Waals surface area contributed by atoms with Crippen molar-refractivity contribution in [3.8, 4) is 16.9 Å². The highest BCUT2D eigenvalue weighted by atomic mass is 19.4. The van der Waals surface area contributed by atoms with Crippen LogP contribution in [0.3, 0.4) is 0 Å². The maximum absolute atomic E-state index is 12.3. The second kappa shape index (κ2) is 4.59. The van der Waals surface area contributed by atoms with Crippen LogP contribution in [-0.2, 0) is 0 Å². The molecular weight excluding hydrogens is 267 g/mol. The van der Waals surface area contributed by atoms with Gasteiger partial charge in [-0.1, -0.05) is 30.3 Å². The molecule has 3 aromatic rings. The van der Waals surface area contributed by atoms with E-state index < -0.39 is 6.36 Å². The molecule has 0 spiro atoms. The van der Waals surface area contributed by atoms with Crippen LogP contribution >= 0.6 is 0 Å². The molecular formula is C15H10F3NO. The molecule has 1 aromatic heterocycles. The average Bonchev–Trinajstić information content (AvgIpc) is 2.85. The van der Waals surface area contributed by atoms with Crippen LogP contribution in [0.15, 0.2) is 54.7 Å². The third kappa shape index (κ3) is 2.47. The lowest BCUT2D eigenvalue weighted by atomic mass is 10.0. The monoisotopic (exact) mass is 277 g/mol. The van der Waals surface area contributed by atoms with E-state index in [9.17, 15) is 13.2 Å². The summed E-state index contributed by atoms with van der Waals surface area (Å²) >= 11 is 0. The van der Waals surface area contributed by atoms with E-state index >= 15 is 0 Å². The molecule has 1 heterocycles. The van der Waals surface area contributed by atoms with Crippen molar-refractivity contribution in [3.05, 3.63) is 54.7 Å². The Hall–Kier alpha value is -2.43. The van der Waals surface area contributed by atoms with Crippen molar-refractivity contribution in [1.82, 2.24) is 4.98 Å². The van der Waals surface area contributed by atoms with Gasteiger partial charge in [-0.05, 0) is 29.1 Å². The minimum atomic E-state index is -4.68. The summed E-state index contributed by atoms with van der Waals surface area (Å²) in [5.41, 5.74) is 2.39. The lowest BCUT2D eigenvalue weighted by Crippen LogP contribution is -2.17. The van der Waals surface area contributed by atoms with E-state index in [1.807, 2.05) is 24.3 Å². The summed E-state index contributed by atoms with van der Waals surface area (Å²) in [6, 6.07) is 13.5. The van der Waals surface area contributed by atoms with Crippen molar-refractivity contribution >= 4 is 10.9 Å². The number of hydrogen-bond donors (Lipinski definition) is 1. The first-order valence-corrected chi connectivity index (χ1v) is 5.95. The summed E-state index contributed by atoms with van der Waals surface area (Å²) in [5.74, 6) is -0.224. The van der Waals surface area contributed by atoms with E-state index in [2.05, 4.69) is 9.72 Å². The van der Waals surface area contributed by atoms with Gasteiger partial charge in [0.05, 0.1) is 5.52 Å². The van der Waals surface area contributed by atoms with Crippen LogP contribution in [0.25, 0.3) is 22.0 Å². The third-order valence-electron chi connectivity index (χ3n) is 2.97. The molecule has 0 unspecified atom stereocenters. The van der Waals surface area contributed by atoms with Crippen molar-refractivity contribution in [1.29, 1.82) is 0 Å². The van der Waals surface area contributed by atoms with Gasteiger partial charge in [0.25, 0.3) is 0 Å². The van der Waals surface area contributed by atoms with Crippen LogP contribution in [0.1, 0.15) is 0 Å². The number of fused-ring (bicyclic) bond motifs is 1. The van der Waals surface area contributed by atoms with Crippen LogP contribution in [0.4, 0.5) is 13.2 Å². The zero-order valence-corrected chi connectivity index (χ0v) is 10.2. The second-order valence-corrected chi connectivity index (χ2v) is 4.32. The fraction of sp³-hybridized carbons (Fsp3) is 0.0667. The molecule has 0 aliphatic heterocycles. The second-order valence-electron chi connectivity index (χ2n) is 4.32. The van der Waals surface area contributed by atoms with Gasteiger partial charge in [-0.2, -0.15) is 0 Å². The summed E-state index contributed by atoms with van der Waals surface area (Å²) in [5, 5.41) is 1.00. The first-order chi connectivity index (χ1) is 9.53. The minimum absolute atomic E-state index is 0.224. The molecule has 0 fully saturated rings. The Labute approximate surface area is 112 Å². The molecule has 2 nitrogen and oxygen atoms in total. The Balaban J connectivity index is 2.06. The van der Waals surface area contributed by atoms with Gasteiger partial charge in [-0.15, -0.1) is 13.2 Å². The molecule has 0 radical (unpaired) electrons. The summed E-state index contributed by atoms with van der Waals surface area (Å²) in [6.45, 7) is 0. The molecule has 5 heteroatoms. The van der Waals surface area contributed by atoms with Crippen LogP contribution in [-0.4, -0.2) is 11.3 Å². The van der Waals surface area contributed by atoms with Gasteiger partial charge >= 0.3 is 6.36 Å². The molecule has 2 aromatic carbocycles. The Kier molecular flexibility index (Phi) is 2.89. The smallest absolute Gasteiger partial charge is 0.406 e. The fourth-order valence-electron chi connectivity index (χ4n) is 2.19. The lowest BCUT2D eigenvalue weighted by Gasteiger charge is -2.10. The highest BCUT2D eigenvalue weighted by Crippen LogP contribution is 2.31. The van der Waals surface area contributed by atoms with Gasteiger partial charge in [0, 0.05) is 11.8 Å². The SMILES string of the molecule is FC(F)(F)Oc1cccc(-c2cccc3cc[nH]c23)c1. The highest BCUT2D eigenvalue weighted by molar-refractivity contribution is 5.94. The van der Waals surface area contributed by atoms with Gasteiger partial charge < -0.3 is 9.72 Å². The van der Waals surface area contributed by atoms with Crippen molar-refractivity contribution in [3.63, 3.8) is 0 Å². The predicted molar refractivity (Wildman–Crippen MR) is 70.4 cm³/mol. The van der Waals surface area contributed by atoms with Gasteiger partial charge in [0.15, 0.2) is 0 Å². The quantitative estimate of drug-likeness (QED) is 0.719. The number of H-pyrrole nitrogens is 1. The van der Waals surface area contributed by atoms with Crippen LogP contribution in [0.5, 0.6) is 5.75 Å². The molecule has 0 bridgehead atoms. The molecule has 0 saturated heterocycles. The molecule has 3 rings (SSSR count). The first-order valence-electron chi connectivity index (χ1n) is 5.95. The molecule has 0 aliphatic rings. The molecule has 0 saturated carbocycles. The minimum Gasteiger partial charge on any atom is -0.406 e. The fourth-order valence-corrected chi connectivity index (χ4v) is 2.19. The highest BCUT2D eigenvalue weighted by Gasteiger charge is 2.31. The number of nitrogens with one attached hydrogen (secondary N) is 1. The van der Waals surface area contributed by atoms with Crippen molar-refractivity contribution in [2.75, 3.05) is 0 Å². The Morgan fingerprint density at radius 3 is 2.55 bits per heavy atom. The lowest BCUT2D eigenvalue weighted by molar-refractivity contribution is -0.274. The predicted octanol–water partition coefficient (Wildman–Crippen LogP) is 4.73. The third-order valence-corrected chi connectivity index (χ3v) is 2.97. The number of hydrogen-bond acceptors (Lipinski definition) is 1. The molecule has 0 amide bonds. The summed E-state index contributed by atoms with van der Waals surface area (Å²) in [7, 11) is 0. The van der Waals surface area contributed by atoms with E-state index in [-0.39, 0.29) is 5.75 Å². The molecule has 0 atom stereocenters. The van der Waals surface area contributed by atoms with Crippen molar-refractivity contribution in [2.24, 2.45) is 0 Å². The number of halogens is 3. The number of aromatic amines is 1. The van der Waals surface area contributed by atoms with E-state index in [4.69, 9.17) is 0 Å². The zero-order chi connectivity index (χ0) is 14.2. The molecule has 102 valence electrons. The normalized spacial score (nSPS) is 11.8. The van der Waals surface area contributed by atoms with Gasteiger partial charge in [0.2, 0.25) is 0 Å². The van der Waals surface area contributed by atoms with Crippen molar-refractivity contribution < 1.29 is 17.9 Å². The number of ether oxygens (including phenoxy) is 1. The van der Waals surface area contributed by atoms with E-state index in [0.29, 0.717) is 5.56 Å². The molecule has 20 heavy (non-hydrogen) atoms. The molecule has 0 aliphatic carbocycles. The Bertz CT molecular complexity index is 746. The average molecular weight is 277 g/mol. The maximum atomic E-state index is 12.3. The van der Waals surface area contributed by atoms with Crippen LogP contribution in [0, 0.1) is 0 Å². The number of para-hydroxylation sites is 1. The largest absolute Gasteiger partial charge is 0.573 e. The number of aromatic nitrogens is 1.